The van der Waals surface area contributed by atoms with Crippen LogP contribution in [0.15, 0.2) is 48.5 Å². The third-order valence-electron chi connectivity index (χ3n) is 5.87. The SMILES string of the molecule is CCC(C(=O)NCC(C)C)N(CCc1ccccc1)C(=O)CN(c1cc(C)ccc1C)S(C)(=O)=O. The van der Waals surface area contributed by atoms with Gasteiger partial charge in [0.05, 0.1) is 11.9 Å². The maximum atomic E-state index is 13.7. The molecule has 1 N–H and O–H groups in total. The zero-order chi connectivity index (χ0) is 26.2. The van der Waals surface area contributed by atoms with Crippen molar-refractivity contribution in [2.45, 2.75) is 53.5 Å². The molecule has 0 spiro atoms. The molecule has 1 unspecified atom stereocenters. The van der Waals surface area contributed by atoms with Crippen LogP contribution in [0.2, 0.25) is 0 Å². The van der Waals surface area contributed by atoms with E-state index in [9.17, 15) is 18.0 Å². The van der Waals surface area contributed by atoms with Crippen LogP contribution in [-0.4, -0.2) is 57.1 Å². The smallest absolute Gasteiger partial charge is 0.244 e. The van der Waals surface area contributed by atoms with E-state index in [1.54, 1.807) is 6.07 Å². The summed E-state index contributed by atoms with van der Waals surface area (Å²) in [6, 6.07) is 14.6. The number of amides is 2. The Morgan fingerprint density at radius 3 is 2.26 bits per heavy atom. The Balaban J connectivity index is 2.38. The van der Waals surface area contributed by atoms with E-state index in [2.05, 4.69) is 5.32 Å². The summed E-state index contributed by atoms with van der Waals surface area (Å²) >= 11 is 0. The first-order chi connectivity index (χ1) is 16.4. The molecule has 0 aliphatic rings. The van der Waals surface area contributed by atoms with Crippen molar-refractivity contribution in [3.05, 3.63) is 65.2 Å². The average Bonchev–Trinajstić information content (AvgIpc) is 2.80. The topological polar surface area (TPSA) is 86.8 Å². The van der Waals surface area contributed by atoms with Gasteiger partial charge >= 0.3 is 0 Å². The third-order valence-corrected chi connectivity index (χ3v) is 6.99. The highest BCUT2D eigenvalue weighted by molar-refractivity contribution is 7.92. The second kappa shape index (κ2) is 12.7. The van der Waals surface area contributed by atoms with E-state index in [4.69, 9.17) is 0 Å². The van der Waals surface area contributed by atoms with Crippen molar-refractivity contribution in [3.8, 4) is 0 Å². The van der Waals surface area contributed by atoms with Crippen molar-refractivity contribution < 1.29 is 18.0 Å². The Kier molecular flexibility index (Phi) is 10.3. The van der Waals surface area contributed by atoms with Gasteiger partial charge in [-0.1, -0.05) is 63.2 Å². The van der Waals surface area contributed by atoms with Gasteiger partial charge in [-0.25, -0.2) is 8.42 Å². The molecular weight excluding hydrogens is 462 g/mol. The van der Waals surface area contributed by atoms with E-state index in [1.807, 2.05) is 77.1 Å². The van der Waals surface area contributed by atoms with Gasteiger partial charge in [-0.15, -0.1) is 0 Å². The molecule has 1 atom stereocenters. The highest BCUT2D eigenvalue weighted by Gasteiger charge is 2.31. The molecule has 8 heteroatoms. The maximum Gasteiger partial charge on any atom is 0.244 e. The normalized spacial score (nSPS) is 12.3. The highest BCUT2D eigenvalue weighted by atomic mass is 32.2. The van der Waals surface area contributed by atoms with Crippen molar-refractivity contribution in [2.75, 3.05) is 30.2 Å². The summed E-state index contributed by atoms with van der Waals surface area (Å²) in [6.07, 6.45) is 2.08. The molecule has 35 heavy (non-hydrogen) atoms. The van der Waals surface area contributed by atoms with Crippen LogP contribution in [-0.2, 0) is 26.0 Å². The van der Waals surface area contributed by atoms with Crippen molar-refractivity contribution in [2.24, 2.45) is 5.92 Å². The quantitative estimate of drug-likeness (QED) is 0.481. The molecule has 0 saturated carbocycles. The van der Waals surface area contributed by atoms with Crippen LogP contribution < -0.4 is 9.62 Å². The highest BCUT2D eigenvalue weighted by Crippen LogP contribution is 2.24. The van der Waals surface area contributed by atoms with Crippen LogP contribution in [0.1, 0.15) is 43.9 Å². The summed E-state index contributed by atoms with van der Waals surface area (Å²) in [6.45, 7) is 10.0. The fourth-order valence-electron chi connectivity index (χ4n) is 3.90. The molecule has 0 aliphatic carbocycles. The van der Waals surface area contributed by atoms with Crippen LogP contribution in [0.5, 0.6) is 0 Å². The molecular formula is C27H39N3O4S. The van der Waals surface area contributed by atoms with Gasteiger partial charge in [-0.3, -0.25) is 13.9 Å². The Bertz CT molecular complexity index is 1100. The summed E-state index contributed by atoms with van der Waals surface area (Å²) in [5, 5.41) is 2.93. The van der Waals surface area contributed by atoms with Gasteiger partial charge in [-0.2, -0.15) is 0 Å². The molecule has 0 saturated heterocycles. The number of sulfonamides is 1. The molecule has 2 aromatic carbocycles. The van der Waals surface area contributed by atoms with Crippen molar-refractivity contribution in [1.29, 1.82) is 0 Å². The standard InChI is InChI=1S/C27H39N3O4S/c1-7-24(27(32)28-18-20(2)3)29(16-15-23-11-9-8-10-12-23)26(31)19-30(35(6,33)34)25-17-21(4)13-14-22(25)5/h8-14,17,20,24H,7,15-16,18-19H2,1-6H3,(H,28,32). The number of rotatable bonds is 12. The summed E-state index contributed by atoms with van der Waals surface area (Å²) in [5.41, 5.74) is 3.16. The van der Waals surface area contributed by atoms with Crippen LogP contribution in [0.3, 0.4) is 0 Å². The van der Waals surface area contributed by atoms with Crippen LogP contribution >= 0.6 is 0 Å². The van der Waals surface area contributed by atoms with Gasteiger partial charge in [0.25, 0.3) is 0 Å². The van der Waals surface area contributed by atoms with Crippen LogP contribution in [0, 0.1) is 19.8 Å². The van der Waals surface area contributed by atoms with E-state index in [-0.39, 0.29) is 18.4 Å². The molecule has 2 amide bonds. The lowest BCUT2D eigenvalue weighted by Crippen LogP contribution is -2.53. The summed E-state index contributed by atoms with van der Waals surface area (Å²) < 4.78 is 26.7. The predicted octanol–water partition coefficient (Wildman–Crippen LogP) is 3.69. The molecule has 0 aromatic heterocycles. The monoisotopic (exact) mass is 501 g/mol. The Morgan fingerprint density at radius 2 is 1.69 bits per heavy atom. The van der Waals surface area contributed by atoms with Crippen molar-refractivity contribution >= 4 is 27.5 Å². The van der Waals surface area contributed by atoms with Crippen molar-refractivity contribution in [3.63, 3.8) is 0 Å². The summed E-state index contributed by atoms with van der Waals surface area (Å²) in [4.78, 5) is 28.3. The first-order valence-corrected chi connectivity index (χ1v) is 13.9. The van der Waals surface area contributed by atoms with Crippen molar-refractivity contribution in [1.82, 2.24) is 10.2 Å². The first-order valence-electron chi connectivity index (χ1n) is 12.1. The van der Waals surface area contributed by atoms with Gasteiger partial charge in [0.15, 0.2) is 0 Å². The zero-order valence-corrected chi connectivity index (χ0v) is 22.6. The number of hydrogen-bond acceptors (Lipinski definition) is 4. The predicted molar refractivity (Wildman–Crippen MR) is 142 cm³/mol. The molecule has 7 nitrogen and oxygen atoms in total. The minimum absolute atomic E-state index is 0.222. The van der Waals surface area contributed by atoms with Gasteiger partial charge in [0.1, 0.15) is 12.6 Å². The Labute approximate surface area is 210 Å². The molecule has 2 aromatic rings. The van der Waals surface area contributed by atoms with Gasteiger partial charge in [-0.05, 0) is 55.4 Å². The lowest BCUT2D eigenvalue weighted by molar-refractivity contribution is -0.139. The lowest BCUT2D eigenvalue weighted by Gasteiger charge is -2.33. The van der Waals surface area contributed by atoms with E-state index < -0.39 is 22.0 Å². The van der Waals surface area contributed by atoms with Crippen LogP contribution in [0.25, 0.3) is 0 Å². The second-order valence-electron chi connectivity index (χ2n) is 9.45. The second-order valence-corrected chi connectivity index (χ2v) is 11.4. The fourth-order valence-corrected chi connectivity index (χ4v) is 4.80. The van der Waals surface area contributed by atoms with Gasteiger partial charge in [0, 0.05) is 13.1 Å². The van der Waals surface area contributed by atoms with E-state index in [0.29, 0.717) is 31.6 Å². The first kappa shape index (κ1) is 28.4. The number of nitrogens with zero attached hydrogens (tertiary/aromatic N) is 2. The largest absolute Gasteiger partial charge is 0.354 e. The molecule has 0 heterocycles. The summed E-state index contributed by atoms with van der Waals surface area (Å²) in [5.74, 6) is -0.353. The molecule has 0 aliphatic heterocycles. The number of hydrogen-bond donors (Lipinski definition) is 1. The number of aryl methyl sites for hydroxylation is 2. The molecule has 2 rings (SSSR count). The summed E-state index contributed by atoms with van der Waals surface area (Å²) in [7, 11) is -3.74. The number of benzene rings is 2. The molecule has 0 bridgehead atoms. The minimum atomic E-state index is -3.74. The average molecular weight is 502 g/mol. The van der Waals surface area contributed by atoms with E-state index in [1.165, 1.54) is 4.90 Å². The maximum absolute atomic E-state index is 13.7. The Morgan fingerprint density at radius 1 is 1.03 bits per heavy atom. The van der Waals surface area contributed by atoms with E-state index in [0.717, 1.165) is 27.3 Å². The number of anilines is 1. The fraction of sp³-hybridized carbons (Fsp3) is 0.481. The lowest BCUT2D eigenvalue weighted by atomic mass is 10.1. The number of carbonyl (C=O) groups excluding carboxylic acids is 2. The molecule has 0 fully saturated rings. The minimum Gasteiger partial charge on any atom is -0.354 e. The number of carbonyl (C=O) groups is 2. The third kappa shape index (κ3) is 8.38. The van der Waals surface area contributed by atoms with Gasteiger partial charge in [0.2, 0.25) is 21.8 Å². The Hall–Kier alpha value is -2.87. The van der Waals surface area contributed by atoms with E-state index >= 15 is 0 Å². The number of nitrogens with one attached hydrogen (secondary N) is 1. The molecule has 0 radical (unpaired) electrons. The molecule has 192 valence electrons. The van der Waals surface area contributed by atoms with Crippen LogP contribution in [0.4, 0.5) is 5.69 Å². The van der Waals surface area contributed by atoms with Gasteiger partial charge < -0.3 is 10.2 Å². The zero-order valence-electron chi connectivity index (χ0n) is 21.7.